The average Bonchev–Trinajstić information content (AvgIpc) is 3.10. The number of anilines is 1. The molecular formula is C21H19FN6O. The van der Waals surface area contributed by atoms with Crippen LogP contribution in [0.5, 0.6) is 5.75 Å². The lowest BCUT2D eigenvalue weighted by Crippen LogP contribution is -2.32. The second kappa shape index (κ2) is 6.80. The van der Waals surface area contributed by atoms with Gasteiger partial charge < -0.3 is 9.64 Å². The summed E-state index contributed by atoms with van der Waals surface area (Å²) >= 11 is 0. The van der Waals surface area contributed by atoms with Crippen molar-refractivity contribution in [1.82, 2.24) is 24.6 Å². The van der Waals surface area contributed by atoms with Gasteiger partial charge in [-0.25, -0.2) is 18.9 Å². The molecule has 0 unspecified atom stereocenters. The molecule has 0 N–H and O–H groups in total. The maximum Gasteiger partial charge on any atom is 0.159 e. The molecule has 3 aromatic heterocycles. The van der Waals surface area contributed by atoms with E-state index in [0.717, 1.165) is 35.8 Å². The summed E-state index contributed by atoms with van der Waals surface area (Å²) < 4.78 is 21.6. The Morgan fingerprint density at radius 3 is 2.86 bits per heavy atom. The normalized spacial score (nSPS) is 13.6. The van der Waals surface area contributed by atoms with Gasteiger partial charge in [0.15, 0.2) is 5.82 Å². The van der Waals surface area contributed by atoms with Crippen LogP contribution in [0.1, 0.15) is 17.1 Å². The summed E-state index contributed by atoms with van der Waals surface area (Å²) in [6.45, 7) is 3.24. The zero-order valence-corrected chi connectivity index (χ0v) is 16.1. The number of fused-ring (bicyclic) bond motifs is 2. The first-order chi connectivity index (χ1) is 14.2. The fourth-order valence-corrected chi connectivity index (χ4v) is 3.83. The molecule has 1 aliphatic rings. The smallest absolute Gasteiger partial charge is 0.159 e. The average molecular weight is 390 g/mol. The number of nitrogens with zero attached hydrogens (tertiary/aromatic N) is 6. The van der Waals surface area contributed by atoms with Crippen LogP contribution in [-0.4, -0.2) is 38.2 Å². The van der Waals surface area contributed by atoms with Crippen LogP contribution < -0.4 is 9.64 Å². The summed E-state index contributed by atoms with van der Waals surface area (Å²) in [4.78, 5) is 15.8. The number of imidazole rings is 1. The van der Waals surface area contributed by atoms with Crippen LogP contribution >= 0.6 is 0 Å². The Hall–Kier alpha value is -3.55. The molecule has 0 aliphatic carbocycles. The molecule has 4 heterocycles. The van der Waals surface area contributed by atoms with Crippen molar-refractivity contribution in [3.05, 3.63) is 65.8 Å². The van der Waals surface area contributed by atoms with Crippen LogP contribution in [0.25, 0.3) is 16.8 Å². The topological polar surface area (TPSA) is 68.4 Å². The molecule has 0 fully saturated rings. The monoisotopic (exact) mass is 390 g/mol. The standard InChI is InChI=1S/C21H19FN6O/c1-13-26-19(16-5-3-4-6-17(16)22)20-21(24-12-25-28(13)20)27-8-7-18-14(11-27)9-15(29-2)10-23-18/h3-6,9-10,12H,7-8,11H2,1-2H3. The fraction of sp³-hybridized carbons (Fsp3) is 0.238. The van der Waals surface area contributed by atoms with Gasteiger partial charge in [0.25, 0.3) is 0 Å². The Morgan fingerprint density at radius 2 is 2.03 bits per heavy atom. The number of ether oxygens (including phenoxy) is 1. The molecule has 0 amide bonds. The zero-order chi connectivity index (χ0) is 20.0. The van der Waals surface area contributed by atoms with Gasteiger partial charge in [-0.1, -0.05) is 12.1 Å². The summed E-state index contributed by atoms with van der Waals surface area (Å²) in [6, 6.07) is 8.65. The SMILES string of the molecule is COc1cnc2c(c1)CN(c1ncnn3c(C)nc(-c4ccccc4F)c13)CC2. The van der Waals surface area contributed by atoms with Crippen molar-refractivity contribution in [2.75, 3.05) is 18.6 Å². The predicted octanol–water partition coefficient (Wildman–Crippen LogP) is 3.21. The summed E-state index contributed by atoms with van der Waals surface area (Å²) in [5.74, 6) is 1.82. The Morgan fingerprint density at radius 1 is 1.17 bits per heavy atom. The van der Waals surface area contributed by atoms with E-state index in [1.54, 1.807) is 36.0 Å². The third-order valence-electron chi connectivity index (χ3n) is 5.25. The summed E-state index contributed by atoms with van der Waals surface area (Å²) in [7, 11) is 1.63. The number of aryl methyl sites for hydroxylation is 1. The van der Waals surface area contributed by atoms with Crippen molar-refractivity contribution in [3.63, 3.8) is 0 Å². The zero-order valence-electron chi connectivity index (χ0n) is 16.1. The Bertz CT molecular complexity index is 1220. The first-order valence-electron chi connectivity index (χ1n) is 9.37. The van der Waals surface area contributed by atoms with Crippen molar-refractivity contribution < 1.29 is 9.13 Å². The molecule has 8 heteroatoms. The van der Waals surface area contributed by atoms with Gasteiger partial charge >= 0.3 is 0 Å². The minimum absolute atomic E-state index is 0.319. The van der Waals surface area contributed by atoms with E-state index in [2.05, 4.69) is 25.0 Å². The molecular weight excluding hydrogens is 371 g/mol. The molecule has 0 saturated heterocycles. The molecule has 29 heavy (non-hydrogen) atoms. The van der Waals surface area contributed by atoms with E-state index in [4.69, 9.17) is 4.74 Å². The molecule has 146 valence electrons. The number of hydrogen-bond donors (Lipinski definition) is 0. The van der Waals surface area contributed by atoms with Crippen molar-refractivity contribution in [1.29, 1.82) is 0 Å². The highest BCUT2D eigenvalue weighted by molar-refractivity contribution is 5.86. The predicted molar refractivity (Wildman–Crippen MR) is 106 cm³/mol. The van der Waals surface area contributed by atoms with Gasteiger partial charge in [0, 0.05) is 30.8 Å². The largest absolute Gasteiger partial charge is 0.495 e. The summed E-state index contributed by atoms with van der Waals surface area (Å²) in [5, 5.41) is 4.35. The minimum Gasteiger partial charge on any atom is -0.495 e. The number of benzene rings is 1. The Kier molecular flexibility index (Phi) is 4.12. The number of hydrogen-bond acceptors (Lipinski definition) is 6. The lowest BCUT2D eigenvalue weighted by molar-refractivity contribution is 0.411. The first kappa shape index (κ1) is 17.5. The van der Waals surface area contributed by atoms with E-state index in [0.29, 0.717) is 29.1 Å². The number of pyridine rings is 1. The van der Waals surface area contributed by atoms with Crippen molar-refractivity contribution in [2.45, 2.75) is 19.9 Å². The molecule has 7 nitrogen and oxygen atoms in total. The molecule has 1 aliphatic heterocycles. The lowest BCUT2D eigenvalue weighted by Gasteiger charge is -2.29. The third-order valence-corrected chi connectivity index (χ3v) is 5.25. The molecule has 0 spiro atoms. The number of aromatic nitrogens is 5. The van der Waals surface area contributed by atoms with E-state index in [-0.39, 0.29) is 5.82 Å². The van der Waals surface area contributed by atoms with E-state index in [9.17, 15) is 4.39 Å². The van der Waals surface area contributed by atoms with Gasteiger partial charge in [-0.3, -0.25) is 4.98 Å². The molecule has 5 rings (SSSR count). The second-order valence-electron chi connectivity index (χ2n) is 6.98. The van der Waals surface area contributed by atoms with Gasteiger partial charge in [0.2, 0.25) is 0 Å². The maximum atomic E-state index is 14.5. The molecule has 0 atom stereocenters. The quantitative estimate of drug-likeness (QED) is 0.535. The number of methoxy groups -OCH3 is 1. The third kappa shape index (κ3) is 2.88. The van der Waals surface area contributed by atoms with Crippen LogP contribution in [0.15, 0.2) is 42.9 Å². The molecule has 0 saturated carbocycles. The maximum absolute atomic E-state index is 14.5. The fourth-order valence-electron chi connectivity index (χ4n) is 3.83. The van der Waals surface area contributed by atoms with E-state index in [1.165, 1.54) is 12.4 Å². The highest BCUT2D eigenvalue weighted by atomic mass is 19.1. The van der Waals surface area contributed by atoms with E-state index < -0.39 is 0 Å². The highest BCUT2D eigenvalue weighted by Crippen LogP contribution is 2.33. The van der Waals surface area contributed by atoms with Crippen molar-refractivity contribution in [2.24, 2.45) is 0 Å². The second-order valence-corrected chi connectivity index (χ2v) is 6.98. The Labute approximate surface area is 166 Å². The number of rotatable bonds is 3. The van der Waals surface area contributed by atoms with Gasteiger partial charge in [0.05, 0.1) is 13.3 Å². The van der Waals surface area contributed by atoms with Gasteiger partial charge in [0.1, 0.15) is 34.9 Å². The van der Waals surface area contributed by atoms with Gasteiger partial charge in [-0.2, -0.15) is 5.10 Å². The lowest BCUT2D eigenvalue weighted by atomic mass is 10.0. The van der Waals surface area contributed by atoms with E-state index in [1.807, 2.05) is 13.0 Å². The number of halogens is 1. The van der Waals surface area contributed by atoms with Crippen LogP contribution in [-0.2, 0) is 13.0 Å². The van der Waals surface area contributed by atoms with Crippen LogP contribution in [0.3, 0.4) is 0 Å². The van der Waals surface area contributed by atoms with E-state index >= 15 is 0 Å². The van der Waals surface area contributed by atoms with Gasteiger partial charge in [-0.05, 0) is 30.7 Å². The molecule has 1 aromatic carbocycles. The molecule has 0 radical (unpaired) electrons. The Balaban J connectivity index is 1.65. The van der Waals surface area contributed by atoms with Crippen LogP contribution in [0.2, 0.25) is 0 Å². The molecule has 0 bridgehead atoms. The minimum atomic E-state index is -0.319. The van der Waals surface area contributed by atoms with Crippen LogP contribution in [0.4, 0.5) is 10.2 Å². The van der Waals surface area contributed by atoms with Crippen molar-refractivity contribution in [3.8, 4) is 17.0 Å². The summed E-state index contributed by atoms with van der Waals surface area (Å²) in [5.41, 5.74) is 3.84. The highest BCUT2D eigenvalue weighted by Gasteiger charge is 2.25. The first-order valence-corrected chi connectivity index (χ1v) is 9.37. The molecule has 4 aromatic rings. The van der Waals surface area contributed by atoms with Gasteiger partial charge in [-0.15, -0.1) is 0 Å². The summed E-state index contributed by atoms with van der Waals surface area (Å²) in [6.07, 6.45) is 4.05. The van der Waals surface area contributed by atoms with Crippen molar-refractivity contribution >= 4 is 11.3 Å². The van der Waals surface area contributed by atoms with Crippen LogP contribution in [0, 0.1) is 12.7 Å².